The molecule has 0 saturated carbocycles. The Balaban J connectivity index is 1.63. The molecule has 0 bridgehead atoms. The Morgan fingerprint density at radius 2 is 2.00 bits per heavy atom. The first-order valence-corrected chi connectivity index (χ1v) is 8.36. The Morgan fingerprint density at radius 1 is 1.24 bits per heavy atom. The van der Waals surface area contributed by atoms with Crippen molar-refractivity contribution in [3.8, 4) is 0 Å². The second-order valence-electron chi connectivity index (χ2n) is 4.49. The van der Waals surface area contributed by atoms with Crippen LogP contribution in [0.1, 0.15) is 17.5 Å². The first-order valence-electron chi connectivity index (χ1n) is 6.49. The number of benzene rings is 1. The number of aromatic nitrogens is 2. The number of thioether (sulfide) groups is 1. The maximum absolute atomic E-state index is 5.24. The zero-order valence-electron chi connectivity index (χ0n) is 11.9. The molecule has 3 aromatic rings. The number of rotatable bonds is 6. The number of ether oxygens (including phenoxy) is 2. The molecule has 2 aromatic heterocycles. The fraction of sp³-hybridized carbons (Fsp3) is 0.267. The second-order valence-corrected chi connectivity index (χ2v) is 6.41. The number of fused-ring (bicyclic) bond motifs is 1. The summed E-state index contributed by atoms with van der Waals surface area (Å²) < 4.78 is 12.5. The Morgan fingerprint density at radius 3 is 2.67 bits per heavy atom. The second kappa shape index (κ2) is 6.62. The van der Waals surface area contributed by atoms with E-state index >= 15 is 0 Å². The van der Waals surface area contributed by atoms with Gasteiger partial charge in [0.1, 0.15) is 0 Å². The largest absolute Gasteiger partial charge is 0.352 e. The standard InChI is InChI=1S/C15H16N2O2S2/c1-18-14(19-2)11-3-5-13(6-4-11)21-10-12-9-17-7-8-20-15(17)16-12/h3-9,14H,10H2,1-2H3. The van der Waals surface area contributed by atoms with Crippen LogP contribution in [0.3, 0.4) is 0 Å². The summed E-state index contributed by atoms with van der Waals surface area (Å²) in [5.41, 5.74) is 2.12. The maximum atomic E-state index is 5.24. The molecule has 0 fully saturated rings. The van der Waals surface area contributed by atoms with Gasteiger partial charge in [-0.3, -0.25) is 4.40 Å². The molecule has 4 nitrogen and oxygen atoms in total. The van der Waals surface area contributed by atoms with Crippen LogP contribution in [0.5, 0.6) is 0 Å². The van der Waals surface area contributed by atoms with Crippen molar-refractivity contribution >= 4 is 28.1 Å². The third kappa shape index (κ3) is 3.29. The molecule has 0 amide bonds. The summed E-state index contributed by atoms with van der Waals surface area (Å²) in [6.45, 7) is 0. The number of hydrogen-bond acceptors (Lipinski definition) is 5. The van der Waals surface area contributed by atoms with Crippen molar-refractivity contribution in [1.82, 2.24) is 9.38 Å². The Kier molecular flexibility index (Phi) is 4.60. The molecule has 0 spiro atoms. The summed E-state index contributed by atoms with van der Waals surface area (Å²) in [4.78, 5) is 6.84. The molecule has 21 heavy (non-hydrogen) atoms. The van der Waals surface area contributed by atoms with E-state index in [4.69, 9.17) is 9.47 Å². The van der Waals surface area contributed by atoms with E-state index in [-0.39, 0.29) is 6.29 Å². The summed E-state index contributed by atoms with van der Waals surface area (Å²) >= 11 is 3.43. The van der Waals surface area contributed by atoms with Gasteiger partial charge in [0.05, 0.1) is 5.69 Å². The summed E-state index contributed by atoms with van der Waals surface area (Å²) in [6.07, 6.45) is 3.81. The summed E-state index contributed by atoms with van der Waals surface area (Å²) in [6, 6.07) is 8.24. The fourth-order valence-electron chi connectivity index (χ4n) is 2.09. The average molecular weight is 320 g/mol. The molecule has 0 aliphatic carbocycles. The van der Waals surface area contributed by atoms with Crippen LogP contribution in [0.15, 0.2) is 46.9 Å². The minimum Gasteiger partial charge on any atom is -0.352 e. The van der Waals surface area contributed by atoms with Crippen LogP contribution in [-0.2, 0) is 15.2 Å². The number of hydrogen-bond donors (Lipinski definition) is 0. The molecule has 0 radical (unpaired) electrons. The molecule has 1 aromatic carbocycles. The van der Waals surface area contributed by atoms with Crippen molar-refractivity contribution in [3.05, 3.63) is 53.3 Å². The molecule has 2 heterocycles. The average Bonchev–Trinajstić information content (AvgIpc) is 3.09. The predicted molar refractivity (Wildman–Crippen MR) is 85.8 cm³/mol. The Hall–Kier alpha value is -1.34. The van der Waals surface area contributed by atoms with Crippen molar-refractivity contribution in [1.29, 1.82) is 0 Å². The summed E-state index contributed by atoms with van der Waals surface area (Å²) in [5.74, 6) is 0.867. The van der Waals surface area contributed by atoms with E-state index in [1.807, 2.05) is 23.7 Å². The van der Waals surface area contributed by atoms with E-state index < -0.39 is 0 Å². The van der Waals surface area contributed by atoms with Gasteiger partial charge >= 0.3 is 0 Å². The van der Waals surface area contributed by atoms with Crippen LogP contribution in [-0.4, -0.2) is 23.6 Å². The van der Waals surface area contributed by atoms with Gasteiger partial charge in [-0.2, -0.15) is 0 Å². The van der Waals surface area contributed by atoms with Crippen molar-refractivity contribution in [2.45, 2.75) is 16.9 Å². The zero-order chi connectivity index (χ0) is 14.7. The molecular formula is C15H16N2O2S2. The summed E-state index contributed by atoms with van der Waals surface area (Å²) in [7, 11) is 3.28. The molecule has 0 aliphatic rings. The van der Waals surface area contributed by atoms with Crippen LogP contribution in [0.2, 0.25) is 0 Å². The molecule has 3 rings (SSSR count). The highest BCUT2D eigenvalue weighted by molar-refractivity contribution is 7.98. The van der Waals surface area contributed by atoms with Gasteiger partial charge in [0.2, 0.25) is 0 Å². The molecule has 0 unspecified atom stereocenters. The Bertz CT molecular complexity index is 673. The molecule has 0 N–H and O–H groups in total. The molecule has 6 heteroatoms. The minimum atomic E-state index is -0.302. The highest BCUT2D eigenvalue weighted by Gasteiger charge is 2.08. The topological polar surface area (TPSA) is 35.8 Å². The van der Waals surface area contributed by atoms with Gasteiger partial charge in [0.15, 0.2) is 11.3 Å². The van der Waals surface area contributed by atoms with Gasteiger partial charge < -0.3 is 9.47 Å². The smallest absolute Gasteiger partial charge is 0.193 e. The van der Waals surface area contributed by atoms with E-state index in [1.165, 1.54) is 4.90 Å². The lowest BCUT2D eigenvalue weighted by molar-refractivity contribution is -0.106. The van der Waals surface area contributed by atoms with Crippen molar-refractivity contribution in [2.24, 2.45) is 0 Å². The normalized spacial score (nSPS) is 11.6. The number of imidazole rings is 1. The fourth-order valence-corrected chi connectivity index (χ4v) is 3.59. The van der Waals surface area contributed by atoms with Gasteiger partial charge in [-0.05, 0) is 12.1 Å². The zero-order valence-corrected chi connectivity index (χ0v) is 13.5. The lowest BCUT2D eigenvalue weighted by Crippen LogP contribution is -2.02. The van der Waals surface area contributed by atoms with Gasteiger partial charge in [-0.25, -0.2) is 4.98 Å². The van der Waals surface area contributed by atoms with Crippen LogP contribution in [0.4, 0.5) is 0 Å². The maximum Gasteiger partial charge on any atom is 0.193 e. The van der Waals surface area contributed by atoms with Crippen LogP contribution in [0, 0.1) is 0 Å². The number of nitrogens with zero attached hydrogens (tertiary/aromatic N) is 2. The molecule has 110 valence electrons. The van der Waals surface area contributed by atoms with Gasteiger partial charge in [0.25, 0.3) is 0 Å². The third-order valence-electron chi connectivity index (χ3n) is 3.11. The third-order valence-corrected chi connectivity index (χ3v) is 4.93. The lowest BCUT2D eigenvalue weighted by atomic mass is 10.2. The predicted octanol–water partition coefficient (Wildman–Crippen LogP) is 3.98. The first kappa shape index (κ1) is 14.6. The molecule has 0 saturated heterocycles. The lowest BCUT2D eigenvalue weighted by Gasteiger charge is -2.13. The van der Waals surface area contributed by atoms with Crippen molar-refractivity contribution < 1.29 is 9.47 Å². The SMILES string of the molecule is COC(OC)c1ccc(SCc2cn3ccsc3n2)cc1. The number of methoxy groups -OCH3 is 2. The highest BCUT2D eigenvalue weighted by Crippen LogP contribution is 2.26. The Labute approximate surface area is 131 Å². The van der Waals surface area contributed by atoms with E-state index in [0.29, 0.717) is 0 Å². The van der Waals surface area contributed by atoms with Crippen LogP contribution in [0.25, 0.3) is 4.96 Å². The van der Waals surface area contributed by atoms with E-state index in [0.717, 1.165) is 22.0 Å². The number of thiazole rings is 1. The van der Waals surface area contributed by atoms with Crippen molar-refractivity contribution in [3.63, 3.8) is 0 Å². The van der Waals surface area contributed by atoms with E-state index in [2.05, 4.69) is 27.7 Å². The molecule has 0 aliphatic heterocycles. The van der Waals surface area contributed by atoms with E-state index in [9.17, 15) is 0 Å². The molecular weight excluding hydrogens is 304 g/mol. The van der Waals surface area contributed by atoms with Crippen LogP contribution < -0.4 is 0 Å². The van der Waals surface area contributed by atoms with Gasteiger partial charge in [-0.15, -0.1) is 23.1 Å². The monoisotopic (exact) mass is 320 g/mol. The highest BCUT2D eigenvalue weighted by atomic mass is 32.2. The quantitative estimate of drug-likeness (QED) is 0.508. The first-order chi connectivity index (χ1) is 10.3. The minimum absolute atomic E-state index is 0.302. The summed E-state index contributed by atoms with van der Waals surface area (Å²) in [5, 5.41) is 2.04. The van der Waals surface area contributed by atoms with Gasteiger partial charge in [-0.1, -0.05) is 12.1 Å². The van der Waals surface area contributed by atoms with Crippen molar-refractivity contribution in [2.75, 3.05) is 14.2 Å². The van der Waals surface area contributed by atoms with E-state index in [1.54, 1.807) is 37.3 Å². The van der Waals surface area contributed by atoms with Gasteiger partial charge in [0, 0.05) is 48.2 Å². The van der Waals surface area contributed by atoms with Crippen LogP contribution >= 0.6 is 23.1 Å². The molecule has 0 atom stereocenters.